The molecule has 0 aliphatic carbocycles. The average Bonchev–Trinajstić information content (AvgIpc) is 3.41. The highest BCUT2D eigenvalue weighted by Crippen LogP contribution is 2.41. The standard InChI is InChI=1S/C32H34ClN5OS/c1-19-9-10-20(2)27(16-19)35-29(39)13-15-37-31(30(36-32(37)40)26-8-6-7-14-34-26)25-17-22(4)38(23(25)5)28-18-24(33)12-11-21(28)3/h6-12,14,16-18,30-31H,13,15H2,1-5H3,(H,35,39)(H,36,40)/t30-,31-/m1/s1. The third-order valence-electron chi connectivity index (χ3n) is 7.65. The van der Waals surface area contributed by atoms with Gasteiger partial charge in [0.25, 0.3) is 0 Å². The summed E-state index contributed by atoms with van der Waals surface area (Å²) in [5.74, 6) is -0.0449. The van der Waals surface area contributed by atoms with Crippen LogP contribution in [0.1, 0.15) is 57.8 Å². The Morgan fingerprint density at radius 3 is 2.55 bits per heavy atom. The van der Waals surface area contributed by atoms with Crippen LogP contribution in [0, 0.1) is 34.6 Å². The fourth-order valence-corrected chi connectivity index (χ4v) is 6.07. The number of halogens is 1. The van der Waals surface area contributed by atoms with E-state index in [4.69, 9.17) is 23.8 Å². The van der Waals surface area contributed by atoms with Crippen LogP contribution in [0.5, 0.6) is 0 Å². The molecular formula is C32H34ClN5OS. The molecule has 1 amide bonds. The Balaban J connectivity index is 1.49. The van der Waals surface area contributed by atoms with Crippen LogP contribution in [0.2, 0.25) is 5.02 Å². The minimum absolute atomic E-state index is 0.0449. The predicted octanol–water partition coefficient (Wildman–Crippen LogP) is 7.07. The molecule has 1 saturated heterocycles. The Labute approximate surface area is 246 Å². The summed E-state index contributed by atoms with van der Waals surface area (Å²) >= 11 is 12.3. The van der Waals surface area contributed by atoms with Crippen LogP contribution in [-0.4, -0.2) is 32.0 Å². The number of nitrogens with zero attached hydrogens (tertiary/aromatic N) is 3. The average molecular weight is 572 g/mol. The van der Waals surface area contributed by atoms with Gasteiger partial charge in [-0.2, -0.15) is 0 Å². The third kappa shape index (κ3) is 5.49. The molecule has 0 unspecified atom stereocenters. The van der Waals surface area contributed by atoms with E-state index in [1.807, 2.05) is 68.4 Å². The summed E-state index contributed by atoms with van der Waals surface area (Å²) in [6.45, 7) is 10.8. The topological polar surface area (TPSA) is 62.2 Å². The number of amides is 1. The van der Waals surface area contributed by atoms with Gasteiger partial charge in [0.15, 0.2) is 5.11 Å². The number of pyridine rings is 1. The van der Waals surface area contributed by atoms with Gasteiger partial charge >= 0.3 is 0 Å². The van der Waals surface area contributed by atoms with Gasteiger partial charge in [-0.25, -0.2) is 0 Å². The van der Waals surface area contributed by atoms with Crippen LogP contribution in [0.15, 0.2) is 66.9 Å². The summed E-state index contributed by atoms with van der Waals surface area (Å²) in [4.78, 5) is 19.9. The van der Waals surface area contributed by atoms with E-state index in [9.17, 15) is 4.79 Å². The quantitative estimate of drug-likeness (QED) is 0.232. The van der Waals surface area contributed by atoms with E-state index in [0.717, 1.165) is 50.7 Å². The van der Waals surface area contributed by atoms with Crippen LogP contribution >= 0.6 is 23.8 Å². The van der Waals surface area contributed by atoms with Crippen LogP contribution in [0.25, 0.3) is 5.69 Å². The van der Waals surface area contributed by atoms with Crippen LogP contribution in [0.4, 0.5) is 5.69 Å². The molecule has 2 aromatic heterocycles. The number of nitrogens with one attached hydrogen (secondary N) is 2. The maximum atomic E-state index is 13.1. The molecule has 3 heterocycles. The van der Waals surface area contributed by atoms with Crippen molar-refractivity contribution in [3.05, 3.63) is 111 Å². The molecule has 206 valence electrons. The molecule has 2 atom stereocenters. The molecule has 8 heteroatoms. The number of aromatic nitrogens is 2. The number of carbonyl (C=O) groups is 1. The monoisotopic (exact) mass is 571 g/mol. The van der Waals surface area contributed by atoms with E-state index in [2.05, 4.69) is 51.9 Å². The smallest absolute Gasteiger partial charge is 0.226 e. The lowest BCUT2D eigenvalue weighted by atomic mass is 9.96. The lowest BCUT2D eigenvalue weighted by Crippen LogP contribution is -2.33. The summed E-state index contributed by atoms with van der Waals surface area (Å²) in [7, 11) is 0. The first-order valence-electron chi connectivity index (χ1n) is 13.4. The van der Waals surface area contributed by atoms with Gasteiger partial charge in [-0.15, -0.1) is 0 Å². The molecule has 5 rings (SSSR count). The van der Waals surface area contributed by atoms with Gasteiger partial charge in [0.1, 0.15) is 0 Å². The van der Waals surface area contributed by atoms with Gasteiger partial charge < -0.3 is 20.1 Å². The number of rotatable bonds is 7. The first-order valence-corrected chi connectivity index (χ1v) is 14.2. The summed E-state index contributed by atoms with van der Waals surface area (Å²) in [5.41, 5.74) is 9.41. The van der Waals surface area contributed by atoms with E-state index in [1.165, 1.54) is 0 Å². The van der Waals surface area contributed by atoms with Gasteiger partial charge in [0, 0.05) is 46.9 Å². The van der Waals surface area contributed by atoms with Crippen LogP contribution < -0.4 is 10.6 Å². The molecule has 1 aliphatic heterocycles. The normalized spacial score (nSPS) is 16.8. The number of anilines is 1. The summed E-state index contributed by atoms with van der Waals surface area (Å²) in [5, 5.41) is 7.90. The molecule has 2 aromatic carbocycles. The molecule has 40 heavy (non-hydrogen) atoms. The van der Waals surface area contributed by atoms with Crippen molar-refractivity contribution < 1.29 is 4.79 Å². The van der Waals surface area contributed by atoms with Gasteiger partial charge in [-0.1, -0.05) is 35.9 Å². The highest BCUT2D eigenvalue weighted by molar-refractivity contribution is 7.80. The molecule has 0 saturated carbocycles. The molecular weight excluding hydrogens is 538 g/mol. The van der Waals surface area contributed by atoms with Crippen LogP contribution in [-0.2, 0) is 4.79 Å². The van der Waals surface area contributed by atoms with Crippen molar-refractivity contribution >= 4 is 40.5 Å². The maximum Gasteiger partial charge on any atom is 0.226 e. The van der Waals surface area contributed by atoms with E-state index >= 15 is 0 Å². The third-order valence-corrected chi connectivity index (χ3v) is 8.23. The molecule has 4 aromatic rings. The minimum atomic E-state index is -0.162. The van der Waals surface area contributed by atoms with Gasteiger partial charge in [-0.05, 0) is 105 Å². The molecule has 6 nitrogen and oxygen atoms in total. The Bertz CT molecular complexity index is 1580. The Kier molecular flexibility index (Phi) is 7.97. The Hall–Kier alpha value is -3.68. The summed E-state index contributed by atoms with van der Waals surface area (Å²) < 4.78 is 2.25. The first-order chi connectivity index (χ1) is 19.1. The largest absolute Gasteiger partial charge is 0.352 e. The van der Waals surface area contributed by atoms with Crippen LogP contribution in [0.3, 0.4) is 0 Å². The first kappa shape index (κ1) is 27.9. The van der Waals surface area contributed by atoms with E-state index in [-0.39, 0.29) is 18.0 Å². The van der Waals surface area contributed by atoms with Crippen molar-refractivity contribution in [1.82, 2.24) is 19.8 Å². The van der Waals surface area contributed by atoms with Crippen molar-refractivity contribution in [3.8, 4) is 5.69 Å². The second kappa shape index (κ2) is 11.4. The van der Waals surface area contributed by atoms with E-state index in [1.54, 1.807) is 6.20 Å². The van der Waals surface area contributed by atoms with Gasteiger partial charge in [0.2, 0.25) is 5.91 Å². The zero-order valence-electron chi connectivity index (χ0n) is 23.5. The van der Waals surface area contributed by atoms with E-state index in [0.29, 0.717) is 23.1 Å². The predicted molar refractivity (Wildman–Crippen MR) is 166 cm³/mol. The van der Waals surface area contributed by atoms with Crippen molar-refractivity contribution in [2.45, 2.75) is 53.1 Å². The fraction of sp³-hybridized carbons (Fsp3) is 0.281. The molecule has 0 radical (unpaired) electrons. The molecule has 0 bridgehead atoms. The number of hydrogen-bond donors (Lipinski definition) is 2. The molecule has 0 spiro atoms. The molecule has 2 N–H and O–H groups in total. The number of aryl methyl sites for hydroxylation is 4. The van der Waals surface area contributed by atoms with Gasteiger partial charge in [-0.3, -0.25) is 9.78 Å². The van der Waals surface area contributed by atoms with Crippen molar-refractivity contribution in [1.29, 1.82) is 0 Å². The molecule has 1 aliphatic rings. The Morgan fingerprint density at radius 1 is 1.02 bits per heavy atom. The fourth-order valence-electron chi connectivity index (χ4n) is 5.57. The number of carbonyl (C=O) groups excluding carboxylic acids is 1. The second-order valence-corrected chi connectivity index (χ2v) is 11.4. The summed E-state index contributed by atoms with van der Waals surface area (Å²) in [6, 6.07) is 19.9. The molecule has 1 fully saturated rings. The Morgan fingerprint density at radius 2 is 1.80 bits per heavy atom. The minimum Gasteiger partial charge on any atom is -0.352 e. The SMILES string of the molecule is Cc1ccc(C)c(NC(=O)CCN2C(=S)N[C@H](c3ccccn3)[C@H]2c2cc(C)n(-c3cc(Cl)ccc3C)c2C)c1. The maximum absolute atomic E-state index is 13.1. The lowest BCUT2D eigenvalue weighted by molar-refractivity contribution is -0.116. The zero-order valence-corrected chi connectivity index (χ0v) is 25.0. The number of hydrogen-bond acceptors (Lipinski definition) is 3. The van der Waals surface area contributed by atoms with Crippen molar-refractivity contribution in [2.75, 3.05) is 11.9 Å². The summed E-state index contributed by atoms with van der Waals surface area (Å²) in [6.07, 6.45) is 2.10. The lowest BCUT2D eigenvalue weighted by Gasteiger charge is -2.28. The number of thiocarbonyl (C=S) groups is 1. The van der Waals surface area contributed by atoms with E-state index < -0.39 is 0 Å². The second-order valence-electron chi connectivity index (χ2n) is 10.5. The van der Waals surface area contributed by atoms with Gasteiger partial charge in [0.05, 0.1) is 17.8 Å². The highest BCUT2D eigenvalue weighted by atomic mass is 35.5. The number of benzene rings is 2. The zero-order chi connectivity index (χ0) is 28.6. The van der Waals surface area contributed by atoms with Crippen molar-refractivity contribution in [3.63, 3.8) is 0 Å². The van der Waals surface area contributed by atoms with Crippen molar-refractivity contribution in [2.24, 2.45) is 0 Å². The highest BCUT2D eigenvalue weighted by Gasteiger charge is 2.41.